The molecule has 0 aliphatic rings. The van der Waals surface area contributed by atoms with Gasteiger partial charge >= 0.3 is 11.7 Å². The zero-order chi connectivity index (χ0) is 12.0. The summed E-state index contributed by atoms with van der Waals surface area (Å²) in [6, 6.07) is 5.21. The molecule has 1 aromatic carbocycles. The lowest BCUT2D eigenvalue weighted by atomic mass is 10.3. The Morgan fingerprint density at radius 2 is 2.24 bits per heavy atom. The van der Waals surface area contributed by atoms with Gasteiger partial charge in [-0.25, -0.2) is 9.36 Å². The summed E-state index contributed by atoms with van der Waals surface area (Å²) in [5.41, 5.74) is 0.923. The van der Waals surface area contributed by atoms with E-state index < -0.39 is 0 Å². The van der Waals surface area contributed by atoms with E-state index >= 15 is 0 Å². The van der Waals surface area contributed by atoms with Gasteiger partial charge in [0.1, 0.15) is 0 Å². The third-order valence-electron chi connectivity index (χ3n) is 2.35. The number of rotatable bonds is 1. The third-order valence-corrected chi connectivity index (χ3v) is 2.59. The molecule has 0 fully saturated rings. The van der Waals surface area contributed by atoms with Crippen molar-refractivity contribution in [1.82, 2.24) is 19.7 Å². The van der Waals surface area contributed by atoms with Crippen LogP contribution in [0.4, 0.5) is 0 Å². The van der Waals surface area contributed by atoms with E-state index in [-0.39, 0.29) is 11.7 Å². The molecule has 0 spiro atoms. The Labute approximate surface area is 99.8 Å². The van der Waals surface area contributed by atoms with Crippen LogP contribution in [0, 0.1) is 6.92 Å². The molecule has 0 saturated heterocycles. The number of nitrogens with one attached hydrogen (secondary N) is 1. The highest BCUT2D eigenvalue weighted by atomic mass is 35.5. The highest BCUT2D eigenvalue weighted by Gasteiger charge is 2.13. The van der Waals surface area contributed by atoms with Crippen molar-refractivity contribution in [2.24, 2.45) is 0 Å². The number of halogens is 1. The predicted octanol–water partition coefficient (Wildman–Crippen LogP) is 1.66. The highest BCUT2D eigenvalue weighted by Crippen LogP contribution is 2.19. The van der Waals surface area contributed by atoms with Gasteiger partial charge in [0.05, 0.1) is 11.0 Å². The van der Waals surface area contributed by atoms with Crippen LogP contribution in [0.3, 0.4) is 0 Å². The van der Waals surface area contributed by atoms with Gasteiger partial charge in [-0.15, -0.1) is 5.10 Å². The van der Waals surface area contributed by atoms with E-state index in [1.807, 2.05) is 0 Å². The lowest BCUT2D eigenvalue weighted by molar-refractivity contribution is 0.495. The van der Waals surface area contributed by atoms with Gasteiger partial charge in [0.2, 0.25) is 5.89 Å². The van der Waals surface area contributed by atoms with Crippen molar-refractivity contribution in [2.45, 2.75) is 6.92 Å². The number of hydrogen-bond acceptors (Lipinski definition) is 4. The van der Waals surface area contributed by atoms with E-state index in [0.29, 0.717) is 21.9 Å². The fourth-order valence-electron chi connectivity index (χ4n) is 1.64. The van der Waals surface area contributed by atoms with Gasteiger partial charge in [0.15, 0.2) is 0 Å². The molecule has 0 aliphatic carbocycles. The van der Waals surface area contributed by atoms with E-state index in [0.717, 1.165) is 0 Å². The van der Waals surface area contributed by atoms with Gasteiger partial charge in [-0.1, -0.05) is 16.7 Å². The van der Waals surface area contributed by atoms with Gasteiger partial charge in [-0.2, -0.15) is 0 Å². The summed E-state index contributed by atoms with van der Waals surface area (Å²) < 4.78 is 6.53. The molecule has 1 N–H and O–H groups in total. The van der Waals surface area contributed by atoms with Crippen LogP contribution in [-0.2, 0) is 0 Å². The first-order valence-corrected chi connectivity index (χ1v) is 5.24. The molecule has 0 atom stereocenters. The number of benzene rings is 1. The second-order valence-corrected chi connectivity index (χ2v) is 3.97. The minimum atomic E-state index is -0.342. The Morgan fingerprint density at radius 3 is 2.94 bits per heavy atom. The first kappa shape index (κ1) is 10.1. The molecule has 3 aromatic rings. The van der Waals surface area contributed by atoms with Gasteiger partial charge in [-0.05, 0) is 18.2 Å². The number of nitrogens with zero attached hydrogens (tertiary/aromatic N) is 3. The van der Waals surface area contributed by atoms with E-state index in [4.69, 9.17) is 16.0 Å². The van der Waals surface area contributed by atoms with Crippen molar-refractivity contribution in [3.05, 3.63) is 39.6 Å². The second-order valence-electron chi connectivity index (χ2n) is 3.53. The van der Waals surface area contributed by atoms with Gasteiger partial charge < -0.3 is 9.40 Å². The van der Waals surface area contributed by atoms with Crippen LogP contribution in [0.5, 0.6) is 0 Å². The first-order valence-electron chi connectivity index (χ1n) is 4.86. The number of aryl methyl sites for hydroxylation is 1. The van der Waals surface area contributed by atoms with Crippen molar-refractivity contribution < 1.29 is 4.42 Å². The van der Waals surface area contributed by atoms with Crippen molar-refractivity contribution in [3.63, 3.8) is 0 Å². The van der Waals surface area contributed by atoms with Gasteiger partial charge in [-0.3, -0.25) is 0 Å². The van der Waals surface area contributed by atoms with E-state index in [1.165, 1.54) is 4.57 Å². The van der Waals surface area contributed by atoms with Crippen molar-refractivity contribution in [3.8, 4) is 6.01 Å². The number of H-pyrrole nitrogens is 1. The lowest BCUT2D eigenvalue weighted by Crippen LogP contribution is -2.14. The van der Waals surface area contributed by atoms with Crippen molar-refractivity contribution in [1.29, 1.82) is 0 Å². The minimum absolute atomic E-state index is 0.126. The molecule has 3 rings (SSSR count). The summed E-state index contributed by atoms with van der Waals surface area (Å²) in [4.78, 5) is 14.5. The largest absolute Gasteiger partial charge is 0.408 e. The Kier molecular flexibility index (Phi) is 2.05. The molecule has 86 valence electrons. The fourth-order valence-corrected chi connectivity index (χ4v) is 1.81. The minimum Gasteiger partial charge on any atom is -0.408 e. The molecule has 0 unspecified atom stereocenters. The lowest BCUT2D eigenvalue weighted by Gasteiger charge is -1.96. The number of aromatic nitrogens is 4. The summed E-state index contributed by atoms with van der Waals surface area (Å²) >= 11 is 5.90. The molecule has 17 heavy (non-hydrogen) atoms. The summed E-state index contributed by atoms with van der Waals surface area (Å²) in [6.07, 6.45) is 0. The maximum Gasteiger partial charge on any atom is 0.334 e. The Hall–Kier alpha value is -2.08. The number of aromatic amines is 1. The van der Waals surface area contributed by atoms with E-state index in [9.17, 15) is 4.79 Å². The summed E-state index contributed by atoms with van der Waals surface area (Å²) in [6.45, 7) is 1.66. The number of imidazole rings is 1. The van der Waals surface area contributed by atoms with Crippen LogP contribution in [-0.4, -0.2) is 19.7 Å². The van der Waals surface area contributed by atoms with Gasteiger partial charge in [0, 0.05) is 11.9 Å². The van der Waals surface area contributed by atoms with Gasteiger partial charge in [0.25, 0.3) is 0 Å². The molecule has 6 nitrogen and oxygen atoms in total. The quantitative estimate of drug-likeness (QED) is 0.713. The molecule has 2 aromatic heterocycles. The number of fused-ring (bicyclic) bond motifs is 1. The fraction of sp³-hybridized carbons (Fsp3) is 0.100. The van der Waals surface area contributed by atoms with Crippen molar-refractivity contribution >= 4 is 22.6 Å². The van der Waals surface area contributed by atoms with Crippen LogP contribution in [0.2, 0.25) is 5.02 Å². The first-order chi connectivity index (χ1) is 8.15. The van der Waals surface area contributed by atoms with E-state index in [2.05, 4.69) is 15.2 Å². The maximum atomic E-state index is 11.8. The maximum absolute atomic E-state index is 11.8. The van der Waals surface area contributed by atoms with Crippen molar-refractivity contribution in [2.75, 3.05) is 0 Å². The molecule has 2 heterocycles. The average molecular weight is 251 g/mol. The molecule has 0 aliphatic heterocycles. The average Bonchev–Trinajstić information content (AvgIpc) is 2.81. The smallest absolute Gasteiger partial charge is 0.334 e. The second kappa shape index (κ2) is 3.46. The Balaban J connectivity index is 2.39. The van der Waals surface area contributed by atoms with Crippen LogP contribution < -0.4 is 5.69 Å². The van der Waals surface area contributed by atoms with Crippen LogP contribution >= 0.6 is 11.6 Å². The third kappa shape index (κ3) is 1.53. The SMILES string of the molecule is Cc1nnc(-n2c(=O)[nH]c3ccc(Cl)cc32)o1. The van der Waals surface area contributed by atoms with E-state index in [1.54, 1.807) is 25.1 Å². The Morgan fingerprint density at radius 1 is 1.41 bits per heavy atom. The Bertz CT molecular complexity index is 755. The zero-order valence-electron chi connectivity index (χ0n) is 8.77. The monoisotopic (exact) mass is 250 g/mol. The summed E-state index contributed by atoms with van der Waals surface area (Å²) in [7, 11) is 0. The molecule has 0 amide bonds. The molecule has 7 heteroatoms. The molecule has 0 radical (unpaired) electrons. The molecular formula is C10H7ClN4O2. The molecule has 0 bridgehead atoms. The standard InChI is InChI=1S/C10H7ClN4O2/c1-5-13-14-10(17-5)15-8-4-6(11)2-3-7(8)12-9(15)16/h2-4H,1H3,(H,12,16). The summed E-state index contributed by atoms with van der Waals surface area (Å²) in [5, 5.41) is 8.03. The normalized spacial score (nSPS) is 11.2. The molecule has 0 saturated carbocycles. The van der Waals surface area contributed by atoms with Crippen LogP contribution in [0.15, 0.2) is 27.4 Å². The topological polar surface area (TPSA) is 76.7 Å². The number of hydrogen-bond donors (Lipinski definition) is 1. The highest BCUT2D eigenvalue weighted by molar-refractivity contribution is 6.31. The zero-order valence-corrected chi connectivity index (χ0v) is 9.52. The predicted molar refractivity (Wildman–Crippen MR) is 61.5 cm³/mol. The van der Waals surface area contributed by atoms with Crippen LogP contribution in [0.1, 0.15) is 5.89 Å². The summed E-state index contributed by atoms with van der Waals surface area (Å²) in [5.74, 6) is 0.392. The van der Waals surface area contributed by atoms with Crippen LogP contribution in [0.25, 0.3) is 17.0 Å². The molecular weight excluding hydrogens is 244 g/mol.